The number of hydrogen-bond donors (Lipinski definition) is 1. The van der Waals surface area contributed by atoms with E-state index in [1.54, 1.807) is 0 Å². The van der Waals surface area contributed by atoms with Crippen LogP contribution in [0.2, 0.25) is 0 Å². The van der Waals surface area contributed by atoms with Crippen molar-refractivity contribution < 1.29 is 0 Å². The fourth-order valence-electron chi connectivity index (χ4n) is 2.16. The Labute approximate surface area is 90.9 Å². The van der Waals surface area contributed by atoms with Gasteiger partial charge in [0.05, 0.1) is 0 Å². The van der Waals surface area contributed by atoms with Crippen LogP contribution < -0.4 is 5.73 Å². The van der Waals surface area contributed by atoms with Crippen molar-refractivity contribution in [3.63, 3.8) is 0 Å². The van der Waals surface area contributed by atoms with Gasteiger partial charge in [-0.1, -0.05) is 6.42 Å². The van der Waals surface area contributed by atoms with Gasteiger partial charge in [0.25, 0.3) is 0 Å². The third kappa shape index (κ3) is 2.56. The van der Waals surface area contributed by atoms with Crippen LogP contribution in [0.15, 0.2) is 0 Å². The monoisotopic (exact) mass is 208 g/mol. The van der Waals surface area contributed by atoms with Crippen LogP contribution in [0.4, 0.5) is 0 Å². The van der Waals surface area contributed by atoms with Gasteiger partial charge in [0.15, 0.2) is 0 Å². The molecule has 0 aromatic carbocycles. The molecule has 0 radical (unpaired) electrons. The molecule has 15 heavy (non-hydrogen) atoms. The summed E-state index contributed by atoms with van der Waals surface area (Å²) < 4.78 is 2.32. The minimum atomic E-state index is 0.779. The molecule has 2 heterocycles. The van der Waals surface area contributed by atoms with Crippen LogP contribution in [0.25, 0.3) is 0 Å². The first kappa shape index (κ1) is 10.6. The summed E-state index contributed by atoms with van der Waals surface area (Å²) in [4.78, 5) is 0. The second-order valence-corrected chi connectivity index (χ2v) is 4.24. The van der Waals surface area contributed by atoms with Gasteiger partial charge in [0.1, 0.15) is 11.6 Å². The van der Waals surface area contributed by atoms with Crippen molar-refractivity contribution >= 4 is 0 Å². The lowest BCUT2D eigenvalue weighted by Crippen LogP contribution is -2.07. The van der Waals surface area contributed by atoms with Gasteiger partial charge >= 0.3 is 0 Å². The highest BCUT2D eigenvalue weighted by molar-refractivity contribution is 4.98. The Bertz CT molecular complexity index is 306. The number of fused-ring (bicyclic) bond motifs is 1. The fourth-order valence-corrected chi connectivity index (χ4v) is 2.16. The number of aryl methyl sites for hydroxylation is 2. The summed E-state index contributed by atoms with van der Waals surface area (Å²) in [6.45, 7) is 1.89. The molecule has 4 nitrogen and oxygen atoms in total. The standard InChI is InChI=1S/C11H20N4/c12-8-4-3-7-11-14-13-10-6-2-1-5-9-15(10)11/h1-9,12H2. The normalized spacial score (nSPS) is 16.1. The molecule has 0 saturated heterocycles. The second kappa shape index (κ2) is 5.26. The average molecular weight is 208 g/mol. The van der Waals surface area contributed by atoms with Crippen LogP contribution in [0.3, 0.4) is 0 Å². The predicted octanol–water partition coefficient (Wildman–Crippen LogP) is 1.29. The van der Waals surface area contributed by atoms with Gasteiger partial charge in [-0.3, -0.25) is 0 Å². The van der Waals surface area contributed by atoms with Crippen molar-refractivity contribution in [2.45, 2.75) is 51.5 Å². The van der Waals surface area contributed by atoms with Crippen molar-refractivity contribution in [3.8, 4) is 0 Å². The topological polar surface area (TPSA) is 56.7 Å². The summed E-state index contributed by atoms with van der Waals surface area (Å²) >= 11 is 0. The van der Waals surface area contributed by atoms with E-state index in [0.29, 0.717) is 0 Å². The van der Waals surface area contributed by atoms with Crippen LogP contribution in [0, 0.1) is 0 Å². The number of rotatable bonds is 4. The molecular formula is C11H20N4. The van der Waals surface area contributed by atoms with Gasteiger partial charge in [-0.05, 0) is 32.2 Å². The fraction of sp³-hybridized carbons (Fsp3) is 0.818. The third-order valence-electron chi connectivity index (χ3n) is 3.04. The van der Waals surface area contributed by atoms with Crippen LogP contribution in [-0.4, -0.2) is 21.3 Å². The van der Waals surface area contributed by atoms with Crippen molar-refractivity contribution in [2.75, 3.05) is 6.54 Å². The van der Waals surface area contributed by atoms with Crippen LogP contribution >= 0.6 is 0 Å². The van der Waals surface area contributed by atoms with E-state index in [-0.39, 0.29) is 0 Å². The van der Waals surface area contributed by atoms with E-state index in [2.05, 4.69) is 14.8 Å². The smallest absolute Gasteiger partial charge is 0.132 e. The summed E-state index contributed by atoms with van der Waals surface area (Å²) in [5, 5.41) is 8.56. The van der Waals surface area contributed by atoms with Gasteiger partial charge in [-0.25, -0.2) is 0 Å². The molecular weight excluding hydrogens is 188 g/mol. The highest BCUT2D eigenvalue weighted by atomic mass is 15.3. The summed E-state index contributed by atoms with van der Waals surface area (Å²) in [6, 6.07) is 0. The zero-order valence-electron chi connectivity index (χ0n) is 9.28. The minimum absolute atomic E-state index is 0.779. The maximum Gasteiger partial charge on any atom is 0.132 e. The Balaban J connectivity index is 2.01. The highest BCUT2D eigenvalue weighted by Gasteiger charge is 2.13. The summed E-state index contributed by atoms with van der Waals surface area (Å²) in [5.41, 5.74) is 5.49. The van der Waals surface area contributed by atoms with Gasteiger partial charge in [0.2, 0.25) is 0 Å². The van der Waals surface area contributed by atoms with E-state index in [0.717, 1.165) is 38.8 Å². The molecule has 0 spiro atoms. The van der Waals surface area contributed by atoms with Crippen molar-refractivity contribution in [1.29, 1.82) is 0 Å². The van der Waals surface area contributed by atoms with E-state index in [1.165, 1.54) is 30.9 Å². The molecule has 4 heteroatoms. The average Bonchev–Trinajstić information content (AvgIpc) is 2.50. The SMILES string of the molecule is NCCCCc1nnc2n1CCCCC2. The molecule has 84 valence electrons. The van der Waals surface area contributed by atoms with E-state index >= 15 is 0 Å². The highest BCUT2D eigenvalue weighted by Crippen LogP contribution is 2.15. The van der Waals surface area contributed by atoms with Crippen molar-refractivity contribution in [3.05, 3.63) is 11.6 Å². The summed E-state index contributed by atoms with van der Waals surface area (Å²) in [6.07, 6.45) is 8.21. The molecule has 1 aromatic rings. The lowest BCUT2D eigenvalue weighted by molar-refractivity contribution is 0.591. The molecule has 0 amide bonds. The van der Waals surface area contributed by atoms with Crippen LogP contribution in [0.1, 0.15) is 43.8 Å². The van der Waals surface area contributed by atoms with Gasteiger partial charge in [-0.2, -0.15) is 0 Å². The maximum atomic E-state index is 5.49. The number of unbranched alkanes of at least 4 members (excludes halogenated alkanes) is 1. The summed E-state index contributed by atoms with van der Waals surface area (Å²) in [5.74, 6) is 2.36. The molecule has 0 unspecified atom stereocenters. The molecule has 2 rings (SSSR count). The molecule has 1 aliphatic rings. The lowest BCUT2D eigenvalue weighted by atomic mass is 10.2. The zero-order chi connectivity index (χ0) is 10.5. The Kier molecular flexibility index (Phi) is 3.72. The summed E-state index contributed by atoms with van der Waals surface area (Å²) in [7, 11) is 0. The number of nitrogens with two attached hydrogens (primary N) is 1. The third-order valence-corrected chi connectivity index (χ3v) is 3.04. The van der Waals surface area contributed by atoms with Gasteiger partial charge < -0.3 is 10.3 Å². The minimum Gasteiger partial charge on any atom is -0.330 e. The van der Waals surface area contributed by atoms with E-state index in [4.69, 9.17) is 5.73 Å². The van der Waals surface area contributed by atoms with E-state index in [9.17, 15) is 0 Å². The number of hydrogen-bond acceptors (Lipinski definition) is 3. The lowest BCUT2D eigenvalue weighted by Gasteiger charge is -2.05. The first-order chi connectivity index (χ1) is 7.42. The van der Waals surface area contributed by atoms with E-state index < -0.39 is 0 Å². The number of nitrogens with zero attached hydrogens (tertiary/aromatic N) is 3. The Hall–Kier alpha value is -0.900. The largest absolute Gasteiger partial charge is 0.330 e. The first-order valence-electron chi connectivity index (χ1n) is 6.03. The second-order valence-electron chi connectivity index (χ2n) is 4.24. The van der Waals surface area contributed by atoms with Crippen LogP contribution in [0.5, 0.6) is 0 Å². The van der Waals surface area contributed by atoms with Gasteiger partial charge in [0, 0.05) is 19.4 Å². The Morgan fingerprint density at radius 3 is 2.93 bits per heavy atom. The molecule has 0 atom stereocenters. The van der Waals surface area contributed by atoms with Crippen molar-refractivity contribution in [1.82, 2.24) is 14.8 Å². The van der Waals surface area contributed by atoms with Gasteiger partial charge in [-0.15, -0.1) is 10.2 Å². The van der Waals surface area contributed by atoms with Crippen molar-refractivity contribution in [2.24, 2.45) is 5.73 Å². The molecule has 1 aromatic heterocycles. The first-order valence-corrected chi connectivity index (χ1v) is 6.03. The Morgan fingerprint density at radius 1 is 1.13 bits per heavy atom. The molecule has 1 aliphatic heterocycles. The van der Waals surface area contributed by atoms with E-state index in [1.807, 2.05) is 0 Å². The Morgan fingerprint density at radius 2 is 2.07 bits per heavy atom. The quantitative estimate of drug-likeness (QED) is 0.758. The molecule has 0 fully saturated rings. The zero-order valence-corrected chi connectivity index (χ0v) is 9.28. The predicted molar refractivity (Wildman–Crippen MR) is 59.6 cm³/mol. The molecule has 2 N–H and O–H groups in total. The van der Waals surface area contributed by atoms with Crippen LogP contribution in [-0.2, 0) is 19.4 Å². The molecule has 0 aliphatic carbocycles. The maximum absolute atomic E-state index is 5.49. The molecule has 0 bridgehead atoms. The number of aromatic nitrogens is 3. The molecule has 0 saturated carbocycles.